The van der Waals surface area contributed by atoms with Crippen LogP contribution in [0, 0.1) is 0 Å². The number of hydrogen-bond acceptors (Lipinski definition) is 0. The molecule has 0 saturated heterocycles. The summed E-state index contributed by atoms with van der Waals surface area (Å²) in [5.41, 5.74) is 0.356. The van der Waals surface area contributed by atoms with E-state index in [0.29, 0.717) is 0 Å². The van der Waals surface area contributed by atoms with Crippen molar-refractivity contribution in [2.75, 3.05) is 0 Å². The van der Waals surface area contributed by atoms with Gasteiger partial charge in [-0.05, 0) is 10.9 Å². The van der Waals surface area contributed by atoms with Gasteiger partial charge in [0, 0.05) is 0 Å². The molecular weight excluding hydrogens is 236 g/mol. The van der Waals surface area contributed by atoms with Crippen molar-refractivity contribution >= 4 is 67.9 Å². The topological polar surface area (TPSA) is 0 Å². The van der Waals surface area contributed by atoms with Gasteiger partial charge in [-0.1, -0.05) is 24.3 Å². The molecular formula is C6H4B2Cl4. The Bertz CT molecular complexity index is 236. The molecule has 12 heavy (non-hydrogen) atoms. The maximum Gasteiger partial charge on any atom is 0.382 e. The normalized spacial score (nSPS) is 9.67. The summed E-state index contributed by atoms with van der Waals surface area (Å²) in [5.74, 6) is 0. The monoisotopic (exact) mass is 238 g/mol. The number of halogens is 4. The first kappa shape index (κ1) is 10.6. The first-order valence-electron chi connectivity index (χ1n) is 3.28. The van der Waals surface area contributed by atoms with Crippen molar-refractivity contribution in [2.24, 2.45) is 0 Å². The van der Waals surface area contributed by atoms with E-state index < -0.39 is 11.1 Å². The van der Waals surface area contributed by atoms with Crippen LogP contribution in [0.2, 0.25) is 0 Å². The Hall–Kier alpha value is 0.510. The molecule has 0 heterocycles. The third-order valence-electron chi connectivity index (χ3n) is 1.47. The average Bonchev–Trinajstić information content (AvgIpc) is 2.04. The fourth-order valence-electron chi connectivity index (χ4n) is 0.908. The molecule has 0 N–H and O–H groups in total. The minimum atomic E-state index is -0.582. The molecule has 6 heteroatoms. The summed E-state index contributed by atoms with van der Waals surface area (Å²) in [5, 5.41) is 0. The molecule has 0 aromatic heterocycles. The van der Waals surface area contributed by atoms with Crippen molar-refractivity contribution < 1.29 is 0 Å². The molecule has 0 bridgehead atoms. The van der Waals surface area contributed by atoms with Gasteiger partial charge in [0.1, 0.15) is 0 Å². The second-order valence-electron chi connectivity index (χ2n) is 2.23. The van der Waals surface area contributed by atoms with Gasteiger partial charge in [0.2, 0.25) is 0 Å². The highest BCUT2D eigenvalue weighted by atomic mass is 35.5. The first-order valence-corrected chi connectivity index (χ1v) is 5.02. The van der Waals surface area contributed by atoms with Crippen molar-refractivity contribution in [3.63, 3.8) is 0 Å². The summed E-state index contributed by atoms with van der Waals surface area (Å²) in [6.45, 7) is 0. The van der Waals surface area contributed by atoms with E-state index in [9.17, 15) is 0 Å². The number of benzene rings is 1. The van der Waals surface area contributed by atoms with Crippen molar-refractivity contribution in [2.45, 2.75) is 0 Å². The first-order chi connectivity index (χ1) is 5.63. The van der Waals surface area contributed by atoms with E-state index in [1.165, 1.54) is 0 Å². The molecule has 62 valence electrons. The molecule has 1 rings (SSSR count). The Balaban J connectivity index is 3.09. The van der Waals surface area contributed by atoms with E-state index in [1.54, 1.807) is 12.1 Å². The molecule has 0 saturated carbocycles. The summed E-state index contributed by atoms with van der Waals surface area (Å²) in [7, 11) is 0. The maximum absolute atomic E-state index is 5.70. The van der Waals surface area contributed by atoms with E-state index in [2.05, 4.69) is 0 Å². The standard InChI is InChI=1S/C6H4B2Cl4/c9-7(10)5-3-1-2-4-6(5)8(11)12/h1-4H. The lowest BCUT2D eigenvalue weighted by Crippen LogP contribution is -2.40. The predicted molar refractivity (Wildman–Crippen MR) is 60.6 cm³/mol. The molecule has 0 atom stereocenters. The zero-order valence-corrected chi connectivity index (χ0v) is 9.00. The molecule has 0 aliphatic carbocycles. The molecule has 0 spiro atoms. The Kier molecular flexibility index (Phi) is 4.12. The molecule has 0 unspecified atom stereocenters. The lowest BCUT2D eigenvalue weighted by molar-refractivity contribution is 1.82. The quantitative estimate of drug-likeness (QED) is 0.693. The highest BCUT2D eigenvalue weighted by molar-refractivity contribution is 7.44. The largest absolute Gasteiger partial charge is 0.382 e. The van der Waals surface area contributed by atoms with Crippen molar-refractivity contribution in [1.82, 2.24) is 0 Å². The van der Waals surface area contributed by atoms with Gasteiger partial charge < -0.3 is 0 Å². The molecule has 0 fully saturated rings. The molecule has 1 aromatic rings. The smallest absolute Gasteiger partial charge is 0.165 e. The van der Waals surface area contributed by atoms with Gasteiger partial charge in [0.05, 0.1) is 0 Å². The highest BCUT2D eigenvalue weighted by Gasteiger charge is 2.19. The summed E-state index contributed by atoms with van der Waals surface area (Å²) in [4.78, 5) is 0. The van der Waals surface area contributed by atoms with Crippen LogP contribution in [0.3, 0.4) is 0 Å². The Morgan fingerprint density at radius 3 is 1.33 bits per heavy atom. The van der Waals surface area contributed by atoms with Crippen LogP contribution in [0.25, 0.3) is 0 Å². The van der Waals surface area contributed by atoms with Crippen LogP contribution in [0.15, 0.2) is 24.3 Å². The molecule has 1 aromatic carbocycles. The van der Waals surface area contributed by atoms with Crippen molar-refractivity contribution in [3.05, 3.63) is 24.3 Å². The van der Waals surface area contributed by atoms with Crippen molar-refractivity contribution in [1.29, 1.82) is 0 Å². The maximum atomic E-state index is 5.70. The molecule has 0 nitrogen and oxygen atoms in total. The third kappa shape index (κ3) is 2.50. The second-order valence-corrected chi connectivity index (χ2v) is 4.42. The number of hydrogen-bond donors (Lipinski definition) is 0. The summed E-state index contributed by atoms with van der Waals surface area (Å²) in [6, 6.07) is 7.29. The number of rotatable bonds is 2. The van der Waals surface area contributed by atoms with E-state index in [4.69, 9.17) is 45.8 Å². The fourth-order valence-corrected chi connectivity index (χ4v) is 1.70. The van der Waals surface area contributed by atoms with E-state index in [-0.39, 0.29) is 0 Å². The Labute approximate surface area is 92.0 Å². The minimum absolute atomic E-state index is 0.582. The average molecular weight is 240 g/mol. The SMILES string of the molecule is ClB(Cl)c1ccccc1B(Cl)Cl. The van der Waals surface area contributed by atoms with Gasteiger partial charge in [-0.2, -0.15) is 45.8 Å². The van der Waals surface area contributed by atoms with Gasteiger partial charge in [0.25, 0.3) is 0 Å². The molecule has 0 amide bonds. The lowest BCUT2D eigenvalue weighted by atomic mass is 9.78. The van der Waals surface area contributed by atoms with Gasteiger partial charge in [-0.15, -0.1) is 0 Å². The van der Waals surface area contributed by atoms with Crippen LogP contribution < -0.4 is 10.9 Å². The van der Waals surface area contributed by atoms with Crippen LogP contribution in [0.1, 0.15) is 0 Å². The lowest BCUT2D eigenvalue weighted by Gasteiger charge is -2.06. The van der Waals surface area contributed by atoms with E-state index >= 15 is 0 Å². The summed E-state index contributed by atoms with van der Waals surface area (Å²) in [6.07, 6.45) is 0. The van der Waals surface area contributed by atoms with Crippen LogP contribution in [0.4, 0.5) is 0 Å². The minimum Gasteiger partial charge on any atom is -0.165 e. The van der Waals surface area contributed by atoms with E-state index in [0.717, 1.165) is 10.9 Å². The van der Waals surface area contributed by atoms with Crippen LogP contribution in [0.5, 0.6) is 0 Å². The summed E-state index contributed by atoms with van der Waals surface area (Å²) >= 11 is 22.8. The predicted octanol–water partition coefficient (Wildman–Crippen LogP) is 2.03. The van der Waals surface area contributed by atoms with Crippen LogP contribution in [-0.2, 0) is 0 Å². The molecule has 0 aliphatic rings. The molecule has 0 aliphatic heterocycles. The summed E-state index contributed by atoms with van der Waals surface area (Å²) < 4.78 is 0. The van der Waals surface area contributed by atoms with E-state index in [1.807, 2.05) is 12.1 Å². The van der Waals surface area contributed by atoms with Gasteiger partial charge in [-0.25, -0.2) is 0 Å². The third-order valence-corrected chi connectivity index (χ3v) is 2.41. The Morgan fingerprint density at radius 1 is 0.750 bits per heavy atom. The molecule has 0 radical (unpaired) electrons. The van der Waals surface area contributed by atoms with Crippen molar-refractivity contribution in [3.8, 4) is 0 Å². The van der Waals surface area contributed by atoms with Crippen LogP contribution >= 0.6 is 45.8 Å². The van der Waals surface area contributed by atoms with Gasteiger partial charge >= 0.3 is 11.1 Å². The van der Waals surface area contributed by atoms with Gasteiger partial charge in [0.15, 0.2) is 0 Å². The van der Waals surface area contributed by atoms with Gasteiger partial charge in [-0.3, -0.25) is 0 Å². The Morgan fingerprint density at radius 2 is 1.08 bits per heavy atom. The van der Waals surface area contributed by atoms with Crippen LogP contribution in [-0.4, -0.2) is 11.1 Å². The zero-order valence-electron chi connectivity index (χ0n) is 5.98. The zero-order chi connectivity index (χ0) is 9.14. The fraction of sp³-hybridized carbons (Fsp3) is 0. The highest BCUT2D eigenvalue weighted by Crippen LogP contribution is 2.01. The second kappa shape index (κ2) is 4.66.